The summed E-state index contributed by atoms with van der Waals surface area (Å²) in [6.07, 6.45) is -0.610. The van der Waals surface area contributed by atoms with Crippen LogP contribution >= 0.6 is 23.4 Å². The summed E-state index contributed by atoms with van der Waals surface area (Å²) in [5.74, 6) is 0.613. The Morgan fingerprint density at radius 1 is 1.12 bits per heavy atom. The minimum absolute atomic E-state index is 0.186. The number of amides is 1. The molecule has 10 heteroatoms. The second-order valence-corrected chi connectivity index (χ2v) is 8.96. The molecule has 0 fully saturated rings. The number of halogens is 1. The first-order valence-electron chi connectivity index (χ1n) is 10.9. The number of hydrogen-bond donors (Lipinski definition) is 0. The maximum absolute atomic E-state index is 13.3. The van der Waals surface area contributed by atoms with Crippen LogP contribution in [0.4, 0.5) is 5.69 Å². The van der Waals surface area contributed by atoms with Gasteiger partial charge in [0, 0.05) is 23.4 Å². The number of thioether (sulfide) groups is 1. The molecule has 0 bridgehead atoms. The number of aromatic nitrogens is 3. The highest BCUT2D eigenvalue weighted by molar-refractivity contribution is 7.99. The molecule has 0 N–H and O–H groups in total. The van der Waals surface area contributed by atoms with Crippen molar-refractivity contribution in [1.29, 1.82) is 0 Å². The van der Waals surface area contributed by atoms with E-state index in [0.29, 0.717) is 32.7 Å². The van der Waals surface area contributed by atoms with Gasteiger partial charge in [0.05, 0.1) is 11.3 Å². The van der Waals surface area contributed by atoms with Crippen molar-refractivity contribution >= 4 is 40.9 Å². The summed E-state index contributed by atoms with van der Waals surface area (Å²) < 4.78 is 12.0. The summed E-state index contributed by atoms with van der Waals surface area (Å²) in [7, 11) is 0. The Hall–Kier alpha value is -3.17. The van der Waals surface area contributed by atoms with Crippen molar-refractivity contribution < 1.29 is 19.1 Å². The summed E-state index contributed by atoms with van der Waals surface area (Å²) >= 11 is 7.76. The van der Waals surface area contributed by atoms with Crippen molar-refractivity contribution in [3.05, 3.63) is 53.1 Å². The molecule has 2 aromatic carbocycles. The van der Waals surface area contributed by atoms with E-state index in [0.717, 1.165) is 5.75 Å². The molecule has 3 aromatic rings. The molecule has 1 amide bonds. The molecule has 0 aliphatic carbocycles. The molecule has 176 valence electrons. The van der Waals surface area contributed by atoms with E-state index < -0.39 is 12.2 Å². The van der Waals surface area contributed by atoms with E-state index in [9.17, 15) is 9.59 Å². The molecule has 0 spiro atoms. The molecule has 1 atom stereocenters. The van der Waals surface area contributed by atoms with E-state index in [-0.39, 0.29) is 30.4 Å². The van der Waals surface area contributed by atoms with E-state index in [4.69, 9.17) is 21.1 Å². The first kappa shape index (κ1) is 24.0. The van der Waals surface area contributed by atoms with Crippen molar-refractivity contribution in [3.8, 4) is 22.9 Å². The van der Waals surface area contributed by atoms with Gasteiger partial charge in [-0.15, -0.1) is 10.2 Å². The number of hydrogen-bond acceptors (Lipinski definition) is 8. The van der Waals surface area contributed by atoms with Crippen LogP contribution in [0.3, 0.4) is 0 Å². The van der Waals surface area contributed by atoms with E-state index >= 15 is 0 Å². The Balaban J connectivity index is 1.97. The average molecular weight is 499 g/mol. The molecule has 8 nitrogen and oxygen atoms in total. The highest BCUT2D eigenvalue weighted by atomic mass is 35.5. The number of carbonyl (C=O) groups excluding carboxylic acids is 2. The first-order valence-corrected chi connectivity index (χ1v) is 12.3. The molecule has 4 rings (SSSR count). The quantitative estimate of drug-likeness (QED) is 0.251. The number of esters is 1. The number of fused-ring (bicyclic) bond motifs is 3. The van der Waals surface area contributed by atoms with Crippen LogP contribution in [0, 0.1) is 0 Å². The zero-order valence-corrected chi connectivity index (χ0v) is 20.5. The van der Waals surface area contributed by atoms with Crippen LogP contribution in [0.25, 0.3) is 11.3 Å². The van der Waals surface area contributed by atoms with Gasteiger partial charge < -0.3 is 9.47 Å². The van der Waals surface area contributed by atoms with Gasteiger partial charge in [-0.3, -0.25) is 14.5 Å². The van der Waals surface area contributed by atoms with Gasteiger partial charge in [0.25, 0.3) is 0 Å². The van der Waals surface area contributed by atoms with Gasteiger partial charge in [-0.1, -0.05) is 62.3 Å². The lowest BCUT2D eigenvalue weighted by Crippen LogP contribution is -2.37. The molecular weight excluding hydrogens is 476 g/mol. The summed E-state index contributed by atoms with van der Waals surface area (Å²) in [6, 6.07) is 12.2. The zero-order valence-electron chi connectivity index (χ0n) is 18.9. The Morgan fingerprint density at radius 3 is 2.65 bits per heavy atom. The van der Waals surface area contributed by atoms with Crippen molar-refractivity contribution in [1.82, 2.24) is 15.2 Å². The number of nitrogens with zero attached hydrogens (tertiary/aromatic N) is 4. The van der Waals surface area contributed by atoms with Gasteiger partial charge >= 0.3 is 5.97 Å². The molecule has 1 aliphatic rings. The largest absolute Gasteiger partial charge is 0.447 e. The van der Waals surface area contributed by atoms with E-state index in [1.807, 2.05) is 31.2 Å². The predicted octanol–water partition coefficient (Wildman–Crippen LogP) is 5.45. The van der Waals surface area contributed by atoms with Crippen molar-refractivity contribution in [2.45, 2.75) is 45.0 Å². The van der Waals surface area contributed by atoms with Crippen LogP contribution in [-0.4, -0.2) is 32.8 Å². The SMILES string of the molecule is CCSc1nnc2c(n1)O[C@H](c1cc(Cl)ccc1OC(=O)CC)N(C(=O)CC)c1ccccc1-2. The van der Waals surface area contributed by atoms with E-state index in [2.05, 4.69) is 15.2 Å². The van der Waals surface area contributed by atoms with Gasteiger partial charge in [-0.2, -0.15) is 4.98 Å². The molecule has 0 saturated heterocycles. The number of para-hydroxylation sites is 1. The third kappa shape index (κ3) is 4.71. The Kier molecular flexibility index (Phi) is 7.33. The molecule has 34 heavy (non-hydrogen) atoms. The smallest absolute Gasteiger partial charge is 0.310 e. The maximum Gasteiger partial charge on any atom is 0.310 e. The van der Waals surface area contributed by atoms with Gasteiger partial charge in [-0.05, 0) is 30.0 Å². The predicted molar refractivity (Wildman–Crippen MR) is 130 cm³/mol. The molecule has 1 aliphatic heterocycles. The standard InChI is InChI=1S/C24H23ClN4O4S/c1-4-19(30)29-17-10-8-7-9-15(17)21-22(26-24(28-27-21)34-6-3)33-23(29)16-13-14(25)11-12-18(16)32-20(31)5-2/h7-13,23H,4-6H2,1-3H3/t23-/m1/s1. The maximum atomic E-state index is 13.3. The minimum atomic E-state index is -1.01. The molecule has 0 saturated carbocycles. The lowest BCUT2D eigenvalue weighted by Gasteiger charge is -2.31. The molecular formula is C24H23ClN4O4S. The van der Waals surface area contributed by atoms with Gasteiger partial charge in [-0.25, -0.2) is 0 Å². The summed E-state index contributed by atoms with van der Waals surface area (Å²) in [5.41, 5.74) is 2.07. The second-order valence-electron chi connectivity index (χ2n) is 7.30. The van der Waals surface area contributed by atoms with Crippen LogP contribution < -0.4 is 14.4 Å². The fraction of sp³-hybridized carbons (Fsp3) is 0.292. The molecule has 0 radical (unpaired) electrons. The fourth-order valence-electron chi connectivity index (χ4n) is 3.55. The minimum Gasteiger partial charge on any atom is -0.447 e. The van der Waals surface area contributed by atoms with Crippen LogP contribution in [-0.2, 0) is 9.59 Å². The highest BCUT2D eigenvalue weighted by Gasteiger charge is 2.37. The number of benzene rings is 2. The third-order valence-corrected chi connectivity index (χ3v) is 6.06. The number of carbonyl (C=O) groups is 2. The normalized spacial score (nSPS) is 14.5. The summed E-state index contributed by atoms with van der Waals surface area (Å²) in [5, 5.41) is 9.46. The van der Waals surface area contributed by atoms with Crippen LogP contribution in [0.5, 0.6) is 11.6 Å². The molecule has 1 aromatic heterocycles. The lowest BCUT2D eigenvalue weighted by atomic mass is 10.1. The molecule has 0 unspecified atom stereocenters. The topological polar surface area (TPSA) is 94.5 Å². The number of anilines is 1. The Labute approximate surface area is 206 Å². The van der Waals surface area contributed by atoms with Crippen LogP contribution in [0.1, 0.15) is 45.4 Å². The van der Waals surface area contributed by atoms with E-state index in [1.165, 1.54) is 16.7 Å². The third-order valence-electron chi connectivity index (χ3n) is 5.11. The van der Waals surface area contributed by atoms with Crippen molar-refractivity contribution in [3.63, 3.8) is 0 Å². The monoisotopic (exact) mass is 498 g/mol. The fourth-order valence-corrected chi connectivity index (χ4v) is 4.23. The van der Waals surface area contributed by atoms with Crippen LogP contribution in [0.15, 0.2) is 47.6 Å². The molecule has 2 heterocycles. The van der Waals surface area contributed by atoms with Gasteiger partial charge in [0.2, 0.25) is 23.2 Å². The highest BCUT2D eigenvalue weighted by Crippen LogP contribution is 2.45. The second kappa shape index (κ2) is 10.4. The van der Waals surface area contributed by atoms with Crippen LogP contribution in [0.2, 0.25) is 5.02 Å². The van der Waals surface area contributed by atoms with Crippen molar-refractivity contribution in [2.75, 3.05) is 10.7 Å². The van der Waals surface area contributed by atoms with Crippen molar-refractivity contribution in [2.24, 2.45) is 0 Å². The van der Waals surface area contributed by atoms with Gasteiger partial charge in [0.15, 0.2) is 5.69 Å². The zero-order chi connectivity index (χ0) is 24.2. The summed E-state index contributed by atoms with van der Waals surface area (Å²) in [4.78, 5) is 31.6. The lowest BCUT2D eigenvalue weighted by molar-refractivity contribution is -0.134. The Bertz CT molecular complexity index is 1240. The summed E-state index contributed by atoms with van der Waals surface area (Å²) in [6.45, 7) is 5.46. The number of ether oxygens (including phenoxy) is 2. The van der Waals surface area contributed by atoms with Gasteiger partial charge in [0.1, 0.15) is 5.75 Å². The number of rotatable bonds is 6. The first-order chi connectivity index (χ1) is 16.5. The Morgan fingerprint density at radius 2 is 1.91 bits per heavy atom. The van der Waals surface area contributed by atoms with E-state index in [1.54, 1.807) is 32.0 Å². The average Bonchev–Trinajstić information content (AvgIpc) is 2.99.